The third-order valence-electron chi connectivity index (χ3n) is 1.46. The van der Waals surface area contributed by atoms with Crippen LogP contribution in [0.3, 0.4) is 0 Å². The van der Waals surface area contributed by atoms with Crippen LogP contribution in [-0.4, -0.2) is 0 Å². The molecule has 12 heavy (non-hydrogen) atoms. The lowest BCUT2D eigenvalue weighted by Crippen LogP contribution is -1.66. The molecule has 0 aromatic carbocycles. The zero-order valence-electron chi connectivity index (χ0n) is 9.66. The molecule has 0 spiro atoms. The lowest BCUT2D eigenvalue weighted by Gasteiger charge is -1.86. The average molecular weight is 172 g/mol. The molecule has 0 atom stereocenters. The molecule has 0 bridgehead atoms. The van der Waals surface area contributed by atoms with Crippen LogP contribution >= 0.6 is 0 Å². The van der Waals surface area contributed by atoms with Crippen LogP contribution in [0.15, 0.2) is 13.2 Å². The summed E-state index contributed by atoms with van der Waals surface area (Å²) < 4.78 is 0. The summed E-state index contributed by atoms with van der Waals surface area (Å²) in [6.07, 6.45) is 8.18. The standard InChI is InChI=1S/C6H14.C4H10.C2H4/c1-3-5-6-4-2;1-3-4-2;1-2/h3-6H2,1-2H3;3-4H2,1-2H3;1-2H2. The summed E-state index contributed by atoms with van der Waals surface area (Å²) in [4.78, 5) is 0. The summed E-state index contributed by atoms with van der Waals surface area (Å²) >= 11 is 0. The summed E-state index contributed by atoms with van der Waals surface area (Å²) in [5.41, 5.74) is 0. The molecule has 0 rings (SSSR count). The molecule has 0 heterocycles. The first-order valence-corrected chi connectivity index (χ1v) is 5.33. The Morgan fingerprint density at radius 2 is 0.833 bits per heavy atom. The first-order valence-electron chi connectivity index (χ1n) is 5.33. The number of rotatable bonds is 4. The minimum absolute atomic E-state index is 1.32. The van der Waals surface area contributed by atoms with Gasteiger partial charge in [0.1, 0.15) is 0 Å². The molecule has 0 amide bonds. The minimum Gasteiger partial charge on any atom is -0.106 e. The molecule has 0 N–H and O–H groups in total. The van der Waals surface area contributed by atoms with Crippen molar-refractivity contribution in [2.75, 3.05) is 0 Å². The van der Waals surface area contributed by atoms with E-state index >= 15 is 0 Å². The van der Waals surface area contributed by atoms with Crippen molar-refractivity contribution in [1.29, 1.82) is 0 Å². The summed E-state index contributed by atoms with van der Waals surface area (Å²) in [7, 11) is 0. The second-order valence-corrected chi connectivity index (χ2v) is 2.71. The van der Waals surface area contributed by atoms with E-state index in [0.29, 0.717) is 0 Å². The first kappa shape index (κ1) is 17.7. The summed E-state index contributed by atoms with van der Waals surface area (Å²) in [5.74, 6) is 0. The Labute approximate surface area is 80.1 Å². The Morgan fingerprint density at radius 3 is 0.917 bits per heavy atom. The molecule has 0 aliphatic carbocycles. The number of hydrogen-bond donors (Lipinski definition) is 0. The Balaban J connectivity index is -0.000000118. The van der Waals surface area contributed by atoms with Crippen LogP contribution in [0.25, 0.3) is 0 Å². The maximum atomic E-state index is 3.00. The third kappa shape index (κ3) is 53.2. The molecule has 0 heteroatoms. The van der Waals surface area contributed by atoms with Gasteiger partial charge in [-0.25, -0.2) is 0 Å². The van der Waals surface area contributed by atoms with Crippen LogP contribution in [0.5, 0.6) is 0 Å². The maximum absolute atomic E-state index is 3.00. The Bertz CT molecular complexity index is 33.3. The average Bonchev–Trinajstić information content (AvgIpc) is 2.18. The molecule has 0 aromatic rings. The first-order chi connectivity index (χ1) is 5.83. The molecule has 0 aliphatic heterocycles. The zero-order valence-corrected chi connectivity index (χ0v) is 9.66. The van der Waals surface area contributed by atoms with Gasteiger partial charge >= 0.3 is 0 Å². The van der Waals surface area contributed by atoms with Crippen molar-refractivity contribution in [2.24, 2.45) is 0 Å². The SMILES string of the molecule is C=C.CCCC.CCCCCC. The van der Waals surface area contributed by atoms with Crippen molar-refractivity contribution in [1.82, 2.24) is 0 Å². The van der Waals surface area contributed by atoms with Gasteiger partial charge in [0, 0.05) is 0 Å². The van der Waals surface area contributed by atoms with E-state index in [1.165, 1.54) is 38.5 Å². The van der Waals surface area contributed by atoms with Gasteiger partial charge in [-0.1, -0.05) is 66.2 Å². The predicted octanol–water partition coefficient (Wildman–Crippen LogP) is 5.20. The van der Waals surface area contributed by atoms with E-state index in [4.69, 9.17) is 0 Å². The zero-order chi connectivity index (χ0) is 10.2. The molecule has 0 saturated carbocycles. The van der Waals surface area contributed by atoms with Gasteiger partial charge in [0.2, 0.25) is 0 Å². The second kappa shape index (κ2) is 30.9. The van der Waals surface area contributed by atoms with Crippen LogP contribution in [0.1, 0.15) is 66.2 Å². The highest BCUT2D eigenvalue weighted by atomic mass is 13.8. The van der Waals surface area contributed by atoms with E-state index in [2.05, 4.69) is 40.9 Å². The lowest BCUT2D eigenvalue weighted by molar-refractivity contribution is 0.702. The van der Waals surface area contributed by atoms with Crippen molar-refractivity contribution >= 4 is 0 Å². The maximum Gasteiger partial charge on any atom is -0.0536 e. The molecule has 0 nitrogen and oxygen atoms in total. The van der Waals surface area contributed by atoms with Gasteiger partial charge < -0.3 is 0 Å². The van der Waals surface area contributed by atoms with Gasteiger partial charge in [0.15, 0.2) is 0 Å². The normalized spacial score (nSPS) is 7.33. The molecule has 0 aliphatic rings. The fraction of sp³-hybridized carbons (Fsp3) is 0.833. The van der Waals surface area contributed by atoms with Crippen LogP contribution in [0.2, 0.25) is 0 Å². The highest BCUT2D eigenvalue weighted by Gasteiger charge is 1.75. The van der Waals surface area contributed by atoms with Crippen molar-refractivity contribution in [2.45, 2.75) is 66.2 Å². The molecule has 0 aromatic heterocycles. The van der Waals surface area contributed by atoms with E-state index in [-0.39, 0.29) is 0 Å². The van der Waals surface area contributed by atoms with Crippen molar-refractivity contribution in [3.63, 3.8) is 0 Å². The van der Waals surface area contributed by atoms with E-state index in [1.54, 1.807) is 0 Å². The molecular formula is C12H28. The number of hydrogen-bond acceptors (Lipinski definition) is 0. The van der Waals surface area contributed by atoms with E-state index in [9.17, 15) is 0 Å². The van der Waals surface area contributed by atoms with Crippen molar-refractivity contribution < 1.29 is 0 Å². The van der Waals surface area contributed by atoms with Crippen molar-refractivity contribution in [3.05, 3.63) is 13.2 Å². The third-order valence-corrected chi connectivity index (χ3v) is 1.46. The second-order valence-electron chi connectivity index (χ2n) is 2.71. The minimum atomic E-state index is 1.32. The van der Waals surface area contributed by atoms with Gasteiger partial charge in [-0.2, -0.15) is 0 Å². The Kier molecular flexibility index (Phi) is 45.7. The fourth-order valence-corrected chi connectivity index (χ4v) is 0.500. The molecule has 0 unspecified atom stereocenters. The molecular weight excluding hydrogens is 144 g/mol. The fourth-order valence-electron chi connectivity index (χ4n) is 0.500. The van der Waals surface area contributed by atoms with Gasteiger partial charge in [0.25, 0.3) is 0 Å². The Hall–Kier alpha value is -0.260. The monoisotopic (exact) mass is 172 g/mol. The summed E-state index contributed by atoms with van der Waals surface area (Å²) in [6, 6.07) is 0. The van der Waals surface area contributed by atoms with Crippen LogP contribution in [-0.2, 0) is 0 Å². The van der Waals surface area contributed by atoms with Crippen LogP contribution in [0, 0.1) is 0 Å². The predicted molar refractivity (Wildman–Crippen MR) is 61.7 cm³/mol. The highest BCUT2D eigenvalue weighted by molar-refractivity contribution is 4.31. The molecule has 76 valence electrons. The Morgan fingerprint density at radius 1 is 0.583 bits per heavy atom. The summed E-state index contributed by atoms with van der Waals surface area (Å²) in [6.45, 7) is 14.8. The lowest BCUT2D eigenvalue weighted by atomic mass is 10.2. The van der Waals surface area contributed by atoms with Gasteiger partial charge in [0.05, 0.1) is 0 Å². The van der Waals surface area contributed by atoms with Crippen LogP contribution < -0.4 is 0 Å². The van der Waals surface area contributed by atoms with Gasteiger partial charge in [-0.15, -0.1) is 13.2 Å². The van der Waals surface area contributed by atoms with E-state index in [0.717, 1.165) is 0 Å². The summed E-state index contributed by atoms with van der Waals surface area (Å²) in [5, 5.41) is 0. The van der Waals surface area contributed by atoms with Gasteiger partial charge in [-0.3, -0.25) is 0 Å². The highest BCUT2D eigenvalue weighted by Crippen LogP contribution is 1.95. The smallest absolute Gasteiger partial charge is 0.0536 e. The van der Waals surface area contributed by atoms with E-state index in [1.807, 2.05) is 0 Å². The number of unbranched alkanes of at least 4 members (excludes halogenated alkanes) is 4. The van der Waals surface area contributed by atoms with Gasteiger partial charge in [-0.05, 0) is 0 Å². The van der Waals surface area contributed by atoms with E-state index < -0.39 is 0 Å². The largest absolute Gasteiger partial charge is 0.106 e. The topological polar surface area (TPSA) is 0 Å². The molecule has 0 radical (unpaired) electrons. The van der Waals surface area contributed by atoms with Crippen molar-refractivity contribution in [3.8, 4) is 0 Å². The molecule has 0 saturated heterocycles. The van der Waals surface area contributed by atoms with Crippen LogP contribution in [0.4, 0.5) is 0 Å². The quantitative estimate of drug-likeness (QED) is 0.404. The molecule has 0 fully saturated rings.